The molecule has 0 radical (unpaired) electrons. The number of hydrogen-bond acceptors (Lipinski definition) is 4. The highest BCUT2D eigenvalue weighted by Gasteiger charge is 2.09. The van der Waals surface area contributed by atoms with Gasteiger partial charge in [0.05, 0.1) is 12.3 Å². The number of nitrogens with two attached hydrogens (primary N) is 1. The molecule has 1 aromatic carbocycles. The molecule has 2 aromatic rings. The zero-order chi connectivity index (χ0) is 13.0. The molecule has 2 rings (SSSR count). The van der Waals surface area contributed by atoms with E-state index >= 15 is 0 Å². The van der Waals surface area contributed by atoms with Crippen molar-refractivity contribution >= 4 is 11.6 Å². The predicted molar refractivity (Wildman–Crippen MR) is 67.4 cm³/mol. The fourth-order valence-corrected chi connectivity index (χ4v) is 1.48. The van der Waals surface area contributed by atoms with Gasteiger partial charge in [-0.25, -0.2) is 4.68 Å². The molecule has 6 nitrogen and oxygen atoms in total. The SMILES string of the molecule is Nc1ccc(-n2ccc(C(=O)NCCO)n2)cc1. The number of nitrogens with zero attached hydrogens (tertiary/aromatic N) is 2. The number of aromatic nitrogens is 2. The molecule has 1 heterocycles. The molecule has 0 saturated heterocycles. The molecule has 0 saturated carbocycles. The van der Waals surface area contributed by atoms with Crippen LogP contribution >= 0.6 is 0 Å². The number of nitrogen functional groups attached to an aromatic ring is 1. The molecule has 1 aromatic heterocycles. The van der Waals surface area contributed by atoms with Gasteiger partial charge in [-0.15, -0.1) is 0 Å². The minimum atomic E-state index is -0.307. The molecule has 6 heteroatoms. The number of amides is 1. The summed E-state index contributed by atoms with van der Waals surface area (Å²) in [5, 5.41) is 15.3. The van der Waals surface area contributed by atoms with E-state index in [4.69, 9.17) is 10.8 Å². The van der Waals surface area contributed by atoms with Crippen LogP contribution in [0.25, 0.3) is 5.69 Å². The van der Waals surface area contributed by atoms with E-state index in [0.29, 0.717) is 11.4 Å². The number of anilines is 1. The summed E-state index contributed by atoms with van der Waals surface area (Å²) in [5.41, 5.74) is 7.40. The molecular weight excluding hydrogens is 232 g/mol. The summed E-state index contributed by atoms with van der Waals surface area (Å²) in [6.07, 6.45) is 1.69. The van der Waals surface area contributed by atoms with Gasteiger partial charge in [-0.05, 0) is 30.3 Å². The summed E-state index contributed by atoms with van der Waals surface area (Å²) >= 11 is 0. The van der Waals surface area contributed by atoms with Crippen molar-refractivity contribution in [2.24, 2.45) is 0 Å². The average molecular weight is 246 g/mol. The fraction of sp³-hybridized carbons (Fsp3) is 0.167. The molecule has 0 spiro atoms. The number of rotatable bonds is 4. The van der Waals surface area contributed by atoms with Crippen molar-refractivity contribution in [1.29, 1.82) is 0 Å². The van der Waals surface area contributed by atoms with E-state index in [1.54, 1.807) is 29.1 Å². The second-order valence-corrected chi connectivity index (χ2v) is 3.72. The topological polar surface area (TPSA) is 93.2 Å². The minimum absolute atomic E-state index is 0.0928. The zero-order valence-electron chi connectivity index (χ0n) is 9.71. The molecular formula is C12H14N4O2. The highest BCUT2D eigenvalue weighted by molar-refractivity contribution is 5.92. The molecule has 18 heavy (non-hydrogen) atoms. The molecule has 1 amide bonds. The molecule has 0 unspecified atom stereocenters. The van der Waals surface area contributed by atoms with E-state index in [1.165, 1.54) is 0 Å². The first-order valence-corrected chi connectivity index (χ1v) is 5.51. The molecule has 0 aliphatic rings. The Kier molecular flexibility index (Phi) is 3.59. The normalized spacial score (nSPS) is 10.3. The molecule has 4 N–H and O–H groups in total. The Bertz CT molecular complexity index is 533. The van der Waals surface area contributed by atoms with Crippen LogP contribution in [0.2, 0.25) is 0 Å². The molecule has 0 bridgehead atoms. The summed E-state index contributed by atoms with van der Waals surface area (Å²) in [7, 11) is 0. The lowest BCUT2D eigenvalue weighted by Crippen LogP contribution is -2.26. The number of hydrogen-bond donors (Lipinski definition) is 3. The standard InChI is InChI=1S/C12H14N4O2/c13-9-1-3-10(4-2-9)16-7-5-11(15-16)12(18)14-6-8-17/h1-5,7,17H,6,8,13H2,(H,14,18). The smallest absolute Gasteiger partial charge is 0.271 e. The number of nitrogens with one attached hydrogen (secondary N) is 1. The van der Waals surface area contributed by atoms with E-state index in [1.807, 2.05) is 12.1 Å². The van der Waals surface area contributed by atoms with Gasteiger partial charge < -0.3 is 16.2 Å². The summed E-state index contributed by atoms with van der Waals surface area (Å²) in [6.45, 7) is 0.123. The maximum Gasteiger partial charge on any atom is 0.271 e. The number of carbonyl (C=O) groups excluding carboxylic acids is 1. The highest BCUT2D eigenvalue weighted by atomic mass is 16.3. The Hall–Kier alpha value is -2.34. The van der Waals surface area contributed by atoms with Gasteiger partial charge in [-0.2, -0.15) is 5.10 Å². The van der Waals surface area contributed by atoms with Crippen molar-refractivity contribution in [2.45, 2.75) is 0 Å². The van der Waals surface area contributed by atoms with E-state index in [0.717, 1.165) is 5.69 Å². The maximum absolute atomic E-state index is 11.6. The molecule has 0 aliphatic carbocycles. The van der Waals surface area contributed by atoms with Gasteiger partial charge in [0.2, 0.25) is 0 Å². The lowest BCUT2D eigenvalue weighted by molar-refractivity contribution is 0.0939. The third kappa shape index (κ3) is 2.67. The third-order valence-electron chi connectivity index (χ3n) is 2.38. The maximum atomic E-state index is 11.6. The molecule has 0 aliphatic heterocycles. The number of aliphatic hydroxyl groups is 1. The van der Waals surface area contributed by atoms with Crippen LogP contribution in [0.4, 0.5) is 5.69 Å². The van der Waals surface area contributed by atoms with Gasteiger partial charge in [-0.3, -0.25) is 4.79 Å². The van der Waals surface area contributed by atoms with Crippen molar-refractivity contribution < 1.29 is 9.90 Å². The summed E-state index contributed by atoms with van der Waals surface area (Å²) < 4.78 is 1.59. The third-order valence-corrected chi connectivity index (χ3v) is 2.38. The Morgan fingerprint density at radius 3 is 2.72 bits per heavy atom. The average Bonchev–Trinajstić information content (AvgIpc) is 2.86. The van der Waals surface area contributed by atoms with Crippen molar-refractivity contribution in [2.75, 3.05) is 18.9 Å². The summed E-state index contributed by atoms with van der Waals surface area (Å²) in [6, 6.07) is 8.78. The van der Waals surface area contributed by atoms with Crippen LogP contribution in [-0.4, -0.2) is 33.9 Å². The van der Waals surface area contributed by atoms with Crippen LogP contribution in [-0.2, 0) is 0 Å². The highest BCUT2D eigenvalue weighted by Crippen LogP contribution is 2.10. The van der Waals surface area contributed by atoms with E-state index in [-0.39, 0.29) is 19.1 Å². The largest absolute Gasteiger partial charge is 0.399 e. The first-order chi connectivity index (χ1) is 8.70. The van der Waals surface area contributed by atoms with Crippen molar-refractivity contribution in [3.05, 3.63) is 42.2 Å². The number of carbonyl (C=O) groups is 1. The van der Waals surface area contributed by atoms with Crippen LogP contribution in [0.3, 0.4) is 0 Å². The second kappa shape index (κ2) is 5.33. The van der Waals surface area contributed by atoms with Crippen molar-refractivity contribution in [1.82, 2.24) is 15.1 Å². The lowest BCUT2D eigenvalue weighted by atomic mass is 10.3. The first-order valence-electron chi connectivity index (χ1n) is 5.51. The van der Waals surface area contributed by atoms with E-state index in [2.05, 4.69) is 10.4 Å². The summed E-state index contributed by atoms with van der Waals surface area (Å²) in [5.74, 6) is -0.307. The van der Waals surface area contributed by atoms with Crippen LogP contribution in [0.1, 0.15) is 10.5 Å². The van der Waals surface area contributed by atoms with Gasteiger partial charge in [-0.1, -0.05) is 0 Å². The monoisotopic (exact) mass is 246 g/mol. The van der Waals surface area contributed by atoms with Gasteiger partial charge >= 0.3 is 0 Å². The van der Waals surface area contributed by atoms with Gasteiger partial charge in [0, 0.05) is 18.4 Å². The Labute approximate surface area is 104 Å². The number of benzene rings is 1. The Morgan fingerprint density at radius 2 is 2.06 bits per heavy atom. The second-order valence-electron chi connectivity index (χ2n) is 3.72. The van der Waals surface area contributed by atoms with Crippen LogP contribution in [0, 0.1) is 0 Å². The Morgan fingerprint density at radius 1 is 1.33 bits per heavy atom. The lowest BCUT2D eigenvalue weighted by Gasteiger charge is -2.02. The van der Waals surface area contributed by atoms with Crippen LogP contribution < -0.4 is 11.1 Å². The zero-order valence-corrected chi connectivity index (χ0v) is 9.71. The van der Waals surface area contributed by atoms with Crippen LogP contribution in [0.15, 0.2) is 36.5 Å². The summed E-state index contributed by atoms with van der Waals surface area (Å²) in [4.78, 5) is 11.6. The van der Waals surface area contributed by atoms with Gasteiger partial charge in [0.1, 0.15) is 0 Å². The Balaban J connectivity index is 2.15. The van der Waals surface area contributed by atoms with Gasteiger partial charge in [0.15, 0.2) is 5.69 Å². The minimum Gasteiger partial charge on any atom is -0.399 e. The molecule has 0 fully saturated rings. The van der Waals surface area contributed by atoms with Crippen molar-refractivity contribution in [3.8, 4) is 5.69 Å². The van der Waals surface area contributed by atoms with Crippen molar-refractivity contribution in [3.63, 3.8) is 0 Å². The number of aliphatic hydroxyl groups excluding tert-OH is 1. The predicted octanol–water partition coefficient (Wildman–Crippen LogP) is 0.177. The molecule has 0 atom stereocenters. The van der Waals surface area contributed by atoms with E-state index in [9.17, 15) is 4.79 Å². The van der Waals surface area contributed by atoms with Gasteiger partial charge in [0.25, 0.3) is 5.91 Å². The quantitative estimate of drug-likeness (QED) is 0.671. The molecule has 94 valence electrons. The van der Waals surface area contributed by atoms with Crippen LogP contribution in [0.5, 0.6) is 0 Å². The first kappa shape index (κ1) is 12.1. The fourth-order valence-electron chi connectivity index (χ4n) is 1.48. The van der Waals surface area contributed by atoms with E-state index < -0.39 is 0 Å².